The molecule has 0 saturated carbocycles. The highest BCUT2D eigenvalue weighted by molar-refractivity contribution is 5.85. The molecule has 5 nitrogen and oxygen atoms in total. The van der Waals surface area contributed by atoms with Crippen LogP contribution < -0.4 is 26.0 Å². The van der Waals surface area contributed by atoms with E-state index in [1.165, 1.54) is 22.4 Å². The first-order valence-corrected chi connectivity index (χ1v) is 9.58. The van der Waals surface area contributed by atoms with Crippen molar-refractivity contribution in [3.8, 4) is 16.9 Å². The summed E-state index contributed by atoms with van der Waals surface area (Å²) in [5.74, 6) is 0.862. The predicted octanol–water partition coefficient (Wildman–Crippen LogP) is 3.93. The summed E-state index contributed by atoms with van der Waals surface area (Å²) in [6, 6.07) is 23.4. The molecule has 0 bridgehead atoms. The van der Waals surface area contributed by atoms with Gasteiger partial charge in [-0.25, -0.2) is 0 Å². The molecule has 3 aromatic rings. The molecule has 1 aliphatic heterocycles. The lowest BCUT2D eigenvalue weighted by molar-refractivity contribution is 0.415. The average molecular weight is 374 g/mol. The van der Waals surface area contributed by atoms with Crippen molar-refractivity contribution in [1.29, 1.82) is 0 Å². The molecule has 0 saturated heterocycles. The average Bonchev–Trinajstić information content (AvgIpc) is 3.18. The van der Waals surface area contributed by atoms with E-state index >= 15 is 0 Å². The number of ether oxygens (including phenoxy) is 1. The van der Waals surface area contributed by atoms with Gasteiger partial charge in [0.05, 0.1) is 25.2 Å². The number of nitrogens with one attached hydrogen (secondary N) is 2. The highest BCUT2D eigenvalue weighted by Crippen LogP contribution is 2.40. The van der Waals surface area contributed by atoms with Crippen LogP contribution in [-0.2, 0) is 6.54 Å². The van der Waals surface area contributed by atoms with Gasteiger partial charge in [-0.3, -0.25) is 0 Å². The van der Waals surface area contributed by atoms with Crippen molar-refractivity contribution in [2.24, 2.45) is 5.73 Å². The first kappa shape index (κ1) is 18.3. The molecular weight excluding hydrogens is 348 g/mol. The lowest BCUT2D eigenvalue weighted by Gasteiger charge is -2.19. The van der Waals surface area contributed by atoms with Crippen LogP contribution in [0.3, 0.4) is 0 Å². The second kappa shape index (κ2) is 8.33. The van der Waals surface area contributed by atoms with E-state index in [-0.39, 0.29) is 0 Å². The number of anilines is 3. The molecular formula is C23H26N4O. The van der Waals surface area contributed by atoms with E-state index in [1.807, 2.05) is 12.1 Å². The maximum Gasteiger partial charge on any atom is 0.120 e. The number of benzene rings is 3. The minimum absolute atomic E-state index is 0.658. The summed E-state index contributed by atoms with van der Waals surface area (Å²) in [6.45, 7) is 3.08. The van der Waals surface area contributed by atoms with Crippen LogP contribution in [0.4, 0.5) is 17.1 Å². The number of hydrogen-bond donors (Lipinski definition) is 3. The summed E-state index contributed by atoms with van der Waals surface area (Å²) >= 11 is 0. The Morgan fingerprint density at radius 1 is 1.04 bits per heavy atom. The molecule has 3 aromatic carbocycles. The van der Waals surface area contributed by atoms with Crippen LogP contribution in [0.2, 0.25) is 0 Å². The van der Waals surface area contributed by atoms with Crippen LogP contribution in [0.5, 0.6) is 5.75 Å². The molecule has 0 aromatic heterocycles. The molecule has 0 radical (unpaired) electrons. The first-order valence-electron chi connectivity index (χ1n) is 9.58. The highest BCUT2D eigenvalue weighted by atomic mass is 16.5. The third kappa shape index (κ3) is 3.81. The molecule has 1 aliphatic rings. The zero-order chi connectivity index (χ0) is 19.3. The minimum atomic E-state index is 0.658. The second-order valence-electron chi connectivity index (χ2n) is 6.86. The molecule has 4 rings (SSSR count). The van der Waals surface area contributed by atoms with E-state index in [0.29, 0.717) is 6.54 Å². The Labute approximate surface area is 166 Å². The van der Waals surface area contributed by atoms with Crippen LogP contribution in [0.25, 0.3) is 11.1 Å². The molecule has 0 unspecified atom stereocenters. The zero-order valence-corrected chi connectivity index (χ0v) is 16.1. The summed E-state index contributed by atoms with van der Waals surface area (Å²) in [6.07, 6.45) is 0. The highest BCUT2D eigenvalue weighted by Gasteiger charge is 2.21. The normalized spacial score (nSPS) is 12.6. The molecule has 0 aliphatic carbocycles. The van der Waals surface area contributed by atoms with E-state index in [4.69, 9.17) is 10.5 Å². The van der Waals surface area contributed by atoms with Gasteiger partial charge in [-0.05, 0) is 41.0 Å². The van der Waals surface area contributed by atoms with Crippen molar-refractivity contribution in [1.82, 2.24) is 5.32 Å². The maximum atomic E-state index is 5.53. The Morgan fingerprint density at radius 2 is 1.86 bits per heavy atom. The van der Waals surface area contributed by atoms with Gasteiger partial charge in [0.25, 0.3) is 0 Å². The summed E-state index contributed by atoms with van der Waals surface area (Å²) < 4.78 is 5.38. The van der Waals surface area contributed by atoms with Gasteiger partial charge in [0.2, 0.25) is 0 Å². The van der Waals surface area contributed by atoms with Crippen LogP contribution in [0, 0.1) is 0 Å². The lowest BCUT2D eigenvalue weighted by atomic mass is 10.0. The smallest absolute Gasteiger partial charge is 0.120 e. The number of rotatable bonds is 7. The van der Waals surface area contributed by atoms with Crippen molar-refractivity contribution in [2.75, 3.05) is 37.1 Å². The third-order valence-corrected chi connectivity index (χ3v) is 5.02. The molecule has 0 spiro atoms. The topological polar surface area (TPSA) is 62.5 Å². The van der Waals surface area contributed by atoms with Crippen LogP contribution in [-0.4, -0.2) is 26.9 Å². The standard InChI is InChI=1S/C23H26N4O/c1-28-21-4-2-3-20(14-21)27-16-26-22-10-9-19(13-23(22)27)18-7-5-17(6-8-18)15-25-12-11-24/h2-10,13-14,25-26H,11-12,15-16,24H2,1H3. The van der Waals surface area contributed by atoms with Crippen molar-refractivity contribution in [3.05, 3.63) is 72.3 Å². The third-order valence-electron chi connectivity index (χ3n) is 5.02. The van der Waals surface area contributed by atoms with E-state index in [9.17, 15) is 0 Å². The number of methoxy groups -OCH3 is 1. The predicted molar refractivity (Wildman–Crippen MR) is 116 cm³/mol. The van der Waals surface area contributed by atoms with Crippen molar-refractivity contribution in [3.63, 3.8) is 0 Å². The summed E-state index contributed by atoms with van der Waals surface area (Å²) in [5.41, 5.74) is 12.6. The quantitative estimate of drug-likeness (QED) is 0.547. The van der Waals surface area contributed by atoms with Crippen molar-refractivity contribution >= 4 is 17.1 Å². The van der Waals surface area contributed by atoms with Crippen LogP contribution in [0.1, 0.15) is 5.56 Å². The fourth-order valence-electron chi connectivity index (χ4n) is 3.49. The summed E-state index contributed by atoms with van der Waals surface area (Å²) in [5, 5.41) is 6.80. The van der Waals surface area contributed by atoms with Crippen molar-refractivity contribution in [2.45, 2.75) is 6.54 Å². The number of hydrogen-bond acceptors (Lipinski definition) is 5. The lowest BCUT2D eigenvalue weighted by Crippen LogP contribution is -2.21. The van der Waals surface area contributed by atoms with Gasteiger partial charge in [-0.2, -0.15) is 0 Å². The van der Waals surface area contributed by atoms with Gasteiger partial charge >= 0.3 is 0 Å². The van der Waals surface area contributed by atoms with E-state index in [1.54, 1.807) is 7.11 Å². The van der Waals surface area contributed by atoms with Gasteiger partial charge in [0.15, 0.2) is 0 Å². The molecule has 0 atom stereocenters. The Kier molecular flexibility index (Phi) is 5.46. The molecule has 1 heterocycles. The molecule has 144 valence electrons. The number of nitrogens with zero attached hydrogens (tertiary/aromatic N) is 1. The number of fused-ring (bicyclic) bond motifs is 1. The number of nitrogens with two attached hydrogens (primary N) is 1. The largest absolute Gasteiger partial charge is 0.497 e. The van der Waals surface area contributed by atoms with E-state index in [0.717, 1.165) is 36.9 Å². The Hall–Kier alpha value is -3.02. The molecule has 0 amide bonds. The van der Waals surface area contributed by atoms with E-state index in [2.05, 4.69) is 70.1 Å². The maximum absolute atomic E-state index is 5.53. The Bertz CT molecular complexity index is 940. The Morgan fingerprint density at radius 3 is 2.64 bits per heavy atom. The van der Waals surface area contributed by atoms with Crippen LogP contribution in [0.15, 0.2) is 66.7 Å². The molecule has 5 heteroatoms. The monoisotopic (exact) mass is 374 g/mol. The van der Waals surface area contributed by atoms with Gasteiger partial charge in [0.1, 0.15) is 5.75 Å². The molecule has 4 N–H and O–H groups in total. The molecule has 0 fully saturated rings. The van der Waals surface area contributed by atoms with Gasteiger partial charge in [-0.1, -0.05) is 36.4 Å². The Balaban J connectivity index is 1.58. The zero-order valence-electron chi connectivity index (χ0n) is 16.1. The van der Waals surface area contributed by atoms with Crippen LogP contribution >= 0.6 is 0 Å². The minimum Gasteiger partial charge on any atom is -0.497 e. The second-order valence-corrected chi connectivity index (χ2v) is 6.86. The van der Waals surface area contributed by atoms with E-state index < -0.39 is 0 Å². The van der Waals surface area contributed by atoms with Gasteiger partial charge < -0.3 is 26.0 Å². The van der Waals surface area contributed by atoms with Gasteiger partial charge in [0, 0.05) is 31.4 Å². The van der Waals surface area contributed by atoms with Crippen molar-refractivity contribution < 1.29 is 4.74 Å². The van der Waals surface area contributed by atoms with Gasteiger partial charge in [-0.15, -0.1) is 0 Å². The first-order chi connectivity index (χ1) is 13.8. The SMILES string of the molecule is COc1cccc(N2CNc3ccc(-c4ccc(CNCCN)cc4)cc32)c1. The summed E-state index contributed by atoms with van der Waals surface area (Å²) in [4.78, 5) is 2.27. The summed E-state index contributed by atoms with van der Waals surface area (Å²) in [7, 11) is 1.70. The fraction of sp³-hybridized carbons (Fsp3) is 0.217. The fourth-order valence-corrected chi connectivity index (χ4v) is 3.49. The molecule has 28 heavy (non-hydrogen) atoms.